The van der Waals surface area contributed by atoms with Crippen LogP contribution in [0, 0.1) is 13.8 Å². The fourth-order valence-electron chi connectivity index (χ4n) is 2.25. The number of nitrogens with one attached hydrogen (secondary N) is 1. The molecule has 1 unspecified atom stereocenters. The van der Waals surface area contributed by atoms with E-state index < -0.39 is 0 Å². The normalized spacial score (nSPS) is 12.0. The Hall–Kier alpha value is -1.81. The van der Waals surface area contributed by atoms with Gasteiger partial charge >= 0.3 is 5.97 Å². The topological polar surface area (TPSA) is 38.3 Å². The Morgan fingerprint density at radius 1 is 1.30 bits per heavy atom. The quantitative estimate of drug-likeness (QED) is 0.852. The molecule has 20 heavy (non-hydrogen) atoms. The van der Waals surface area contributed by atoms with Crippen LogP contribution in [0.3, 0.4) is 0 Å². The van der Waals surface area contributed by atoms with Gasteiger partial charge in [-0.2, -0.15) is 0 Å². The summed E-state index contributed by atoms with van der Waals surface area (Å²) in [5.74, 6) is -0.300. The van der Waals surface area contributed by atoms with E-state index in [1.54, 1.807) is 17.4 Å². The van der Waals surface area contributed by atoms with E-state index in [1.165, 1.54) is 17.6 Å². The number of methoxy groups -OCH3 is 1. The number of benzene rings is 1. The molecule has 0 amide bonds. The second-order valence-corrected chi connectivity index (χ2v) is 5.75. The molecule has 1 N–H and O–H groups in total. The second-order valence-electron chi connectivity index (χ2n) is 4.80. The summed E-state index contributed by atoms with van der Waals surface area (Å²) in [7, 11) is 1.40. The zero-order chi connectivity index (χ0) is 14.7. The molecule has 3 nitrogen and oxygen atoms in total. The van der Waals surface area contributed by atoms with Crippen molar-refractivity contribution < 1.29 is 9.53 Å². The van der Waals surface area contributed by atoms with Crippen molar-refractivity contribution >= 4 is 23.0 Å². The molecule has 4 heteroatoms. The van der Waals surface area contributed by atoms with E-state index in [9.17, 15) is 4.79 Å². The number of aryl methyl sites for hydroxylation is 1. The number of anilines is 1. The van der Waals surface area contributed by atoms with Crippen molar-refractivity contribution in [3.8, 4) is 0 Å². The molecule has 2 aromatic rings. The van der Waals surface area contributed by atoms with Crippen molar-refractivity contribution in [1.29, 1.82) is 0 Å². The van der Waals surface area contributed by atoms with Gasteiger partial charge in [-0.3, -0.25) is 0 Å². The molecule has 0 bridgehead atoms. The lowest BCUT2D eigenvalue weighted by atomic mass is 10.1. The number of thiophene rings is 1. The molecule has 1 atom stereocenters. The van der Waals surface area contributed by atoms with Crippen molar-refractivity contribution in [1.82, 2.24) is 0 Å². The summed E-state index contributed by atoms with van der Waals surface area (Å²) >= 11 is 1.74. The highest BCUT2D eigenvalue weighted by atomic mass is 32.1. The highest BCUT2D eigenvalue weighted by molar-refractivity contribution is 7.10. The molecule has 0 aliphatic rings. The molecule has 0 spiro atoms. The van der Waals surface area contributed by atoms with Crippen molar-refractivity contribution in [3.05, 3.63) is 51.2 Å². The zero-order valence-electron chi connectivity index (χ0n) is 12.2. The minimum Gasteiger partial charge on any atom is -0.465 e. The number of ether oxygens (including phenoxy) is 1. The molecule has 1 aromatic carbocycles. The summed E-state index contributed by atoms with van der Waals surface area (Å²) in [5.41, 5.74) is 3.78. The van der Waals surface area contributed by atoms with Gasteiger partial charge in [0.15, 0.2) is 0 Å². The number of carbonyl (C=O) groups is 1. The molecule has 0 aliphatic carbocycles. The smallest absolute Gasteiger partial charge is 0.338 e. The molecule has 0 saturated carbocycles. The van der Waals surface area contributed by atoms with Crippen LogP contribution in [0.1, 0.15) is 39.3 Å². The van der Waals surface area contributed by atoms with Crippen LogP contribution in [-0.2, 0) is 4.74 Å². The maximum Gasteiger partial charge on any atom is 0.338 e. The predicted octanol–water partition coefficient (Wildman–Crippen LogP) is 4.32. The van der Waals surface area contributed by atoms with E-state index in [1.807, 2.05) is 19.1 Å². The Kier molecular flexibility index (Phi) is 4.45. The van der Waals surface area contributed by atoms with Gasteiger partial charge in [0.2, 0.25) is 0 Å². The maximum atomic E-state index is 11.7. The molecular formula is C16H19NO2S. The molecule has 0 fully saturated rings. The van der Waals surface area contributed by atoms with Gasteiger partial charge in [-0.15, -0.1) is 11.3 Å². The van der Waals surface area contributed by atoms with Crippen LogP contribution >= 0.6 is 11.3 Å². The molecule has 1 aromatic heterocycles. The number of esters is 1. The molecule has 2 rings (SSSR count). The molecule has 106 valence electrons. The largest absolute Gasteiger partial charge is 0.465 e. The van der Waals surface area contributed by atoms with E-state index in [-0.39, 0.29) is 12.0 Å². The van der Waals surface area contributed by atoms with Gasteiger partial charge in [-0.05, 0) is 55.5 Å². The number of rotatable bonds is 4. The average Bonchev–Trinajstić information content (AvgIpc) is 2.86. The fraction of sp³-hybridized carbons (Fsp3) is 0.312. The Balaban J connectivity index is 2.26. The number of carbonyl (C=O) groups excluding carboxylic acids is 1. The van der Waals surface area contributed by atoms with Crippen molar-refractivity contribution in [2.24, 2.45) is 0 Å². The fourth-order valence-corrected chi connectivity index (χ4v) is 3.19. The Bertz CT molecular complexity index is 619. The van der Waals surface area contributed by atoms with Crippen LogP contribution in [0.2, 0.25) is 0 Å². The standard InChI is InChI=1S/C16H19NO2S/c1-10-8-9-20-15(10)12(3)17-14-7-5-6-13(11(14)2)16(18)19-4/h5-9,12,17H,1-4H3. The SMILES string of the molecule is COC(=O)c1cccc(NC(C)c2sccc2C)c1C. The van der Waals surface area contributed by atoms with Crippen LogP contribution in [-0.4, -0.2) is 13.1 Å². The maximum absolute atomic E-state index is 11.7. The first-order chi connectivity index (χ1) is 9.54. The van der Waals surface area contributed by atoms with Crippen LogP contribution in [0.25, 0.3) is 0 Å². The van der Waals surface area contributed by atoms with E-state index in [0.29, 0.717) is 5.56 Å². The molecule has 0 radical (unpaired) electrons. The van der Waals surface area contributed by atoms with Gasteiger partial charge in [0, 0.05) is 10.6 Å². The Morgan fingerprint density at radius 3 is 2.65 bits per heavy atom. The Labute approximate surface area is 123 Å². The first-order valence-electron chi connectivity index (χ1n) is 6.53. The highest BCUT2D eigenvalue weighted by Crippen LogP contribution is 2.29. The van der Waals surface area contributed by atoms with Gasteiger partial charge in [0.1, 0.15) is 0 Å². The van der Waals surface area contributed by atoms with Crippen LogP contribution in [0.15, 0.2) is 29.6 Å². The molecule has 1 heterocycles. The average molecular weight is 289 g/mol. The van der Waals surface area contributed by atoms with E-state index in [4.69, 9.17) is 4.74 Å². The van der Waals surface area contributed by atoms with E-state index in [2.05, 4.69) is 30.6 Å². The van der Waals surface area contributed by atoms with E-state index in [0.717, 1.165) is 11.3 Å². The van der Waals surface area contributed by atoms with Crippen molar-refractivity contribution in [3.63, 3.8) is 0 Å². The summed E-state index contributed by atoms with van der Waals surface area (Å²) in [4.78, 5) is 13.0. The molecule has 0 aliphatic heterocycles. The lowest BCUT2D eigenvalue weighted by molar-refractivity contribution is 0.0600. The van der Waals surface area contributed by atoms with Gasteiger partial charge in [-0.25, -0.2) is 4.79 Å². The number of hydrogen-bond donors (Lipinski definition) is 1. The van der Waals surface area contributed by atoms with Crippen LogP contribution < -0.4 is 5.32 Å². The van der Waals surface area contributed by atoms with Crippen molar-refractivity contribution in [2.45, 2.75) is 26.8 Å². The summed E-state index contributed by atoms with van der Waals surface area (Å²) in [5, 5.41) is 5.57. The second kappa shape index (κ2) is 6.09. The summed E-state index contributed by atoms with van der Waals surface area (Å²) < 4.78 is 4.80. The summed E-state index contributed by atoms with van der Waals surface area (Å²) in [6, 6.07) is 7.97. The third-order valence-electron chi connectivity index (χ3n) is 3.41. The van der Waals surface area contributed by atoms with Gasteiger partial charge < -0.3 is 10.1 Å². The lowest BCUT2D eigenvalue weighted by Crippen LogP contribution is -2.10. The third kappa shape index (κ3) is 2.85. The first-order valence-corrected chi connectivity index (χ1v) is 7.41. The monoisotopic (exact) mass is 289 g/mol. The number of hydrogen-bond acceptors (Lipinski definition) is 4. The Morgan fingerprint density at radius 2 is 2.05 bits per heavy atom. The minimum atomic E-state index is -0.300. The third-order valence-corrected chi connectivity index (χ3v) is 4.61. The molecular weight excluding hydrogens is 270 g/mol. The summed E-state index contributed by atoms with van der Waals surface area (Å²) in [6.45, 7) is 6.17. The van der Waals surface area contributed by atoms with E-state index >= 15 is 0 Å². The lowest BCUT2D eigenvalue weighted by Gasteiger charge is -2.18. The van der Waals surface area contributed by atoms with Gasteiger partial charge in [0.25, 0.3) is 0 Å². The van der Waals surface area contributed by atoms with Crippen molar-refractivity contribution in [2.75, 3.05) is 12.4 Å². The van der Waals surface area contributed by atoms with Gasteiger partial charge in [-0.1, -0.05) is 6.07 Å². The minimum absolute atomic E-state index is 0.210. The first kappa shape index (κ1) is 14.6. The summed E-state index contributed by atoms with van der Waals surface area (Å²) in [6.07, 6.45) is 0. The predicted molar refractivity (Wildman–Crippen MR) is 83.6 cm³/mol. The van der Waals surface area contributed by atoms with Gasteiger partial charge in [0.05, 0.1) is 18.7 Å². The zero-order valence-corrected chi connectivity index (χ0v) is 13.0. The van der Waals surface area contributed by atoms with Crippen LogP contribution in [0.4, 0.5) is 5.69 Å². The van der Waals surface area contributed by atoms with Crippen LogP contribution in [0.5, 0.6) is 0 Å². The molecule has 0 saturated heterocycles. The highest BCUT2D eigenvalue weighted by Gasteiger charge is 2.15.